The molecule has 0 fully saturated rings. The Hall–Kier alpha value is -2.89. The van der Waals surface area contributed by atoms with E-state index in [1.54, 1.807) is 24.0 Å². The third-order valence-corrected chi connectivity index (χ3v) is 3.63. The van der Waals surface area contributed by atoms with Gasteiger partial charge in [0.2, 0.25) is 0 Å². The van der Waals surface area contributed by atoms with Gasteiger partial charge in [-0.25, -0.2) is 9.78 Å². The van der Waals surface area contributed by atoms with E-state index in [0.717, 1.165) is 29.1 Å². The Morgan fingerprint density at radius 2 is 1.95 bits per heavy atom. The molecule has 1 aromatic carbocycles. The lowest BCUT2D eigenvalue weighted by Crippen LogP contribution is -1.99. The molecule has 22 heavy (non-hydrogen) atoms. The molecular weight excluding hydrogens is 280 g/mol. The second kappa shape index (κ2) is 5.48. The Balaban J connectivity index is 1.85. The van der Waals surface area contributed by atoms with E-state index >= 15 is 0 Å². The summed E-state index contributed by atoms with van der Waals surface area (Å²) in [5.41, 5.74) is 2.92. The summed E-state index contributed by atoms with van der Waals surface area (Å²) in [6.45, 7) is 0. The molecule has 0 saturated heterocycles. The van der Waals surface area contributed by atoms with Gasteiger partial charge in [-0.1, -0.05) is 24.3 Å². The first-order valence-corrected chi connectivity index (χ1v) is 6.87. The number of carboxylic acid groups (broad SMARTS) is 1. The predicted octanol–water partition coefficient (Wildman–Crippen LogP) is 2.11. The van der Waals surface area contributed by atoms with Crippen molar-refractivity contribution < 1.29 is 9.90 Å². The monoisotopic (exact) mass is 296 g/mol. The first-order valence-electron chi connectivity index (χ1n) is 6.87. The molecule has 6 heteroatoms. The van der Waals surface area contributed by atoms with Gasteiger partial charge in [-0.2, -0.15) is 5.10 Å². The van der Waals surface area contributed by atoms with E-state index in [2.05, 4.69) is 10.1 Å². The van der Waals surface area contributed by atoms with Gasteiger partial charge in [-0.3, -0.25) is 4.68 Å². The average molecular weight is 296 g/mol. The summed E-state index contributed by atoms with van der Waals surface area (Å²) in [5, 5.41) is 13.0. The summed E-state index contributed by atoms with van der Waals surface area (Å²) in [4.78, 5) is 15.3. The largest absolute Gasteiger partial charge is 0.476 e. The van der Waals surface area contributed by atoms with Crippen molar-refractivity contribution in [3.05, 3.63) is 59.8 Å². The van der Waals surface area contributed by atoms with Gasteiger partial charge >= 0.3 is 5.97 Å². The highest BCUT2D eigenvalue weighted by atomic mass is 16.4. The molecule has 3 aromatic rings. The quantitative estimate of drug-likeness (QED) is 0.800. The number of benzene rings is 1. The van der Waals surface area contributed by atoms with Crippen LogP contribution in [0, 0.1) is 0 Å². The molecule has 0 atom stereocenters. The predicted molar refractivity (Wildman–Crippen MR) is 81.6 cm³/mol. The molecule has 0 unspecified atom stereocenters. The molecule has 0 aliphatic carbocycles. The summed E-state index contributed by atoms with van der Waals surface area (Å²) in [7, 11) is 3.71. The SMILES string of the molecule is Cn1ccnc1Cc1ccc(-c2cc(C(=O)O)nn2C)cc1. The number of aromatic carboxylic acids is 1. The Morgan fingerprint density at radius 3 is 2.50 bits per heavy atom. The van der Waals surface area contributed by atoms with E-state index in [4.69, 9.17) is 5.11 Å². The van der Waals surface area contributed by atoms with Crippen LogP contribution in [-0.2, 0) is 20.5 Å². The van der Waals surface area contributed by atoms with Crippen molar-refractivity contribution >= 4 is 5.97 Å². The third kappa shape index (κ3) is 2.63. The van der Waals surface area contributed by atoms with Crippen LogP contribution in [0.25, 0.3) is 11.3 Å². The number of imidazole rings is 1. The molecular formula is C16H16N4O2. The molecule has 0 radical (unpaired) electrons. The fourth-order valence-electron chi connectivity index (χ4n) is 2.38. The van der Waals surface area contributed by atoms with E-state index in [0.29, 0.717) is 0 Å². The van der Waals surface area contributed by atoms with Crippen LogP contribution in [0.4, 0.5) is 0 Å². The molecule has 112 valence electrons. The number of carboxylic acids is 1. The zero-order valence-corrected chi connectivity index (χ0v) is 12.4. The lowest BCUT2D eigenvalue weighted by Gasteiger charge is -2.05. The van der Waals surface area contributed by atoms with Crippen molar-refractivity contribution in [3.63, 3.8) is 0 Å². The highest BCUT2D eigenvalue weighted by Crippen LogP contribution is 2.21. The summed E-state index contributed by atoms with van der Waals surface area (Å²) in [6, 6.07) is 9.58. The van der Waals surface area contributed by atoms with Crippen molar-refractivity contribution in [1.29, 1.82) is 0 Å². The van der Waals surface area contributed by atoms with Crippen LogP contribution in [0.15, 0.2) is 42.7 Å². The summed E-state index contributed by atoms with van der Waals surface area (Å²) >= 11 is 0. The van der Waals surface area contributed by atoms with E-state index in [1.165, 1.54) is 0 Å². The van der Waals surface area contributed by atoms with Crippen LogP contribution >= 0.6 is 0 Å². The summed E-state index contributed by atoms with van der Waals surface area (Å²) < 4.78 is 3.57. The van der Waals surface area contributed by atoms with Crippen LogP contribution in [0.1, 0.15) is 21.9 Å². The molecule has 2 heterocycles. The van der Waals surface area contributed by atoms with Crippen molar-refractivity contribution in [1.82, 2.24) is 19.3 Å². The Bertz CT molecular complexity index is 815. The van der Waals surface area contributed by atoms with Gasteiger partial charge in [0.25, 0.3) is 0 Å². The Morgan fingerprint density at radius 1 is 1.23 bits per heavy atom. The second-order valence-electron chi connectivity index (χ2n) is 5.17. The van der Waals surface area contributed by atoms with Gasteiger partial charge in [0.1, 0.15) is 5.82 Å². The smallest absolute Gasteiger partial charge is 0.356 e. The standard InChI is InChI=1S/C16H16N4O2/c1-19-8-7-17-15(19)9-11-3-5-12(6-4-11)14-10-13(16(21)22)18-20(14)2/h3-8,10H,9H2,1-2H3,(H,21,22). The molecule has 0 amide bonds. The Kier molecular flexibility index (Phi) is 3.50. The number of aromatic nitrogens is 4. The van der Waals surface area contributed by atoms with Gasteiger partial charge in [0, 0.05) is 32.9 Å². The first kappa shape index (κ1) is 14.1. The molecule has 3 rings (SSSR count). The molecule has 2 aromatic heterocycles. The van der Waals surface area contributed by atoms with Crippen LogP contribution in [-0.4, -0.2) is 30.4 Å². The van der Waals surface area contributed by atoms with Crippen molar-refractivity contribution in [2.75, 3.05) is 0 Å². The van der Waals surface area contributed by atoms with Crippen LogP contribution < -0.4 is 0 Å². The normalized spacial score (nSPS) is 10.8. The maximum atomic E-state index is 11.0. The minimum Gasteiger partial charge on any atom is -0.476 e. The zero-order chi connectivity index (χ0) is 15.7. The third-order valence-electron chi connectivity index (χ3n) is 3.63. The van der Waals surface area contributed by atoms with Crippen molar-refractivity contribution in [3.8, 4) is 11.3 Å². The van der Waals surface area contributed by atoms with Crippen molar-refractivity contribution in [2.45, 2.75) is 6.42 Å². The topological polar surface area (TPSA) is 72.9 Å². The maximum absolute atomic E-state index is 11.0. The number of carbonyl (C=O) groups is 1. The lowest BCUT2D eigenvalue weighted by molar-refractivity contribution is 0.0689. The zero-order valence-electron chi connectivity index (χ0n) is 12.4. The Labute approximate surface area is 127 Å². The van der Waals surface area contributed by atoms with Gasteiger partial charge in [0.05, 0.1) is 5.69 Å². The van der Waals surface area contributed by atoms with Crippen LogP contribution in [0.2, 0.25) is 0 Å². The van der Waals surface area contributed by atoms with Gasteiger partial charge in [-0.15, -0.1) is 0 Å². The van der Waals surface area contributed by atoms with E-state index < -0.39 is 5.97 Å². The fourth-order valence-corrected chi connectivity index (χ4v) is 2.38. The molecule has 0 bridgehead atoms. The molecule has 1 N–H and O–H groups in total. The maximum Gasteiger partial charge on any atom is 0.356 e. The van der Waals surface area contributed by atoms with E-state index in [-0.39, 0.29) is 5.69 Å². The van der Waals surface area contributed by atoms with Gasteiger partial charge in [-0.05, 0) is 17.2 Å². The van der Waals surface area contributed by atoms with E-state index in [1.807, 2.05) is 42.1 Å². The summed E-state index contributed by atoms with van der Waals surface area (Å²) in [6.07, 6.45) is 4.47. The fraction of sp³-hybridized carbons (Fsp3) is 0.188. The molecule has 0 spiro atoms. The highest BCUT2D eigenvalue weighted by molar-refractivity contribution is 5.87. The number of nitrogens with zero attached hydrogens (tertiary/aromatic N) is 4. The first-order chi connectivity index (χ1) is 10.5. The van der Waals surface area contributed by atoms with Gasteiger partial charge < -0.3 is 9.67 Å². The minimum absolute atomic E-state index is 0.0505. The highest BCUT2D eigenvalue weighted by Gasteiger charge is 2.12. The van der Waals surface area contributed by atoms with Gasteiger partial charge in [0.15, 0.2) is 5.69 Å². The molecule has 0 aliphatic rings. The molecule has 6 nitrogen and oxygen atoms in total. The second-order valence-corrected chi connectivity index (χ2v) is 5.17. The average Bonchev–Trinajstić information content (AvgIpc) is 3.07. The number of hydrogen-bond donors (Lipinski definition) is 1. The number of rotatable bonds is 4. The summed E-state index contributed by atoms with van der Waals surface area (Å²) in [5.74, 6) is -0.0188. The van der Waals surface area contributed by atoms with Crippen molar-refractivity contribution in [2.24, 2.45) is 14.1 Å². The number of aryl methyl sites for hydroxylation is 2. The minimum atomic E-state index is -1.02. The van der Waals surface area contributed by atoms with Crippen LogP contribution in [0.5, 0.6) is 0 Å². The van der Waals surface area contributed by atoms with E-state index in [9.17, 15) is 4.79 Å². The van der Waals surface area contributed by atoms with Crippen LogP contribution in [0.3, 0.4) is 0 Å². The number of hydrogen-bond acceptors (Lipinski definition) is 3. The lowest BCUT2D eigenvalue weighted by atomic mass is 10.1. The molecule has 0 aliphatic heterocycles. The molecule has 0 saturated carbocycles.